The van der Waals surface area contributed by atoms with Crippen LogP contribution in [0.25, 0.3) is 0 Å². The molecule has 4 atom stereocenters. The van der Waals surface area contributed by atoms with Crippen molar-refractivity contribution < 1.29 is 37.8 Å². The van der Waals surface area contributed by atoms with Gasteiger partial charge in [-0.3, -0.25) is 0 Å². The Kier molecular flexibility index (Phi) is 11.9. The van der Waals surface area contributed by atoms with Crippen molar-refractivity contribution in [2.45, 2.75) is 82.6 Å². The van der Waals surface area contributed by atoms with Gasteiger partial charge in [0.15, 0.2) is 0 Å². The van der Waals surface area contributed by atoms with Crippen LogP contribution in [-0.2, 0) is 45.6 Å². The van der Waals surface area contributed by atoms with Gasteiger partial charge in [0.25, 0.3) is 0 Å². The molecule has 1 aromatic heterocycles. The number of aryl methyl sites for hydroxylation is 2. The van der Waals surface area contributed by atoms with E-state index in [0.717, 1.165) is 56.4 Å². The average Bonchev–Trinajstić information content (AvgIpc) is 3.35. The quantitative estimate of drug-likeness (QED) is 0.269. The molecule has 2 unspecified atom stereocenters. The van der Waals surface area contributed by atoms with Gasteiger partial charge in [-0.2, -0.15) is 5.38 Å². The van der Waals surface area contributed by atoms with Crippen molar-refractivity contribution >= 4 is 22.9 Å². The minimum absolute atomic E-state index is 0. The third-order valence-electron chi connectivity index (χ3n) is 6.22. The fourth-order valence-corrected chi connectivity index (χ4v) is 5.63. The molecule has 0 saturated heterocycles. The molecule has 0 amide bonds. The van der Waals surface area contributed by atoms with Gasteiger partial charge in [0.2, 0.25) is 0 Å². The van der Waals surface area contributed by atoms with Crippen molar-refractivity contribution in [2.24, 2.45) is 11.8 Å². The number of rotatable bonds is 11. The summed E-state index contributed by atoms with van der Waals surface area (Å²) < 4.78 is 0. The molecule has 1 fully saturated rings. The van der Waals surface area contributed by atoms with Gasteiger partial charge >= 0.3 is 0 Å². The number of thiazole rings is 1. The van der Waals surface area contributed by atoms with Gasteiger partial charge in [-0.15, -0.1) is 11.6 Å². The second-order valence-electron chi connectivity index (χ2n) is 8.22. The third kappa shape index (κ3) is 8.00. The van der Waals surface area contributed by atoms with E-state index >= 15 is 0 Å². The fraction of sp³-hybridized carbons (Fsp3) is 0.625. The molecular weight excluding hydrogens is 475 g/mol. The Balaban J connectivity index is 0.00000300. The second-order valence-corrected chi connectivity index (χ2v) is 9.69. The van der Waals surface area contributed by atoms with Crippen LogP contribution in [0.2, 0.25) is 0 Å². The predicted octanol–water partition coefficient (Wildman–Crippen LogP) is 6.75. The SMILES string of the molecule is CCCCC(O)c1cccc(CC[C@H]2C(Cl)CC[C@@H]2CCCc2nc[c-]s2)c1.[Y]. The van der Waals surface area contributed by atoms with E-state index in [4.69, 9.17) is 11.6 Å². The number of hydrogen-bond acceptors (Lipinski definition) is 3. The molecule has 157 valence electrons. The Morgan fingerprint density at radius 3 is 2.86 bits per heavy atom. The largest absolute Gasteiger partial charge is 0.388 e. The van der Waals surface area contributed by atoms with Gasteiger partial charge in [-0.25, -0.2) is 0 Å². The number of aliphatic hydroxyl groups excluding tert-OH is 1. The van der Waals surface area contributed by atoms with Crippen molar-refractivity contribution in [1.82, 2.24) is 4.98 Å². The molecular formula is C24H33ClNOSY-. The normalized spacial score (nSPS) is 22.4. The standard InChI is InChI=1S/C24H33ClNOS.Y/c1-2-3-9-23(27)20-8-4-6-18(17-20)11-13-21-19(12-14-22(21)25)7-5-10-24-26-15-16-28-24;/h4,6,8,15,17,19,21-23,27H,2-3,5,7,9-14H2,1H3;/q-1;/t19-,21+,22?,23?;/m0./s1. The molecule has 0 bridgehead atoms. The van der Waals surface area contributed by atoms with Gasteiger partial charge in [0.1, 0.15) is 0 Å². The number of alkyl halides is 1. The first-order chi connectivity index (χ1) is 13.7. The molecule has 29 heavy (non-hydrogen) atoms. The molecule has 0 spiro atoms. The smallest absolute Gasteiger partial charge is 0.0790 e. The summed E-state index contributed by atoms with van der Waals surface area (Å²) in [6.45, 7) is 2.17. The van der Waals surface area contributed by atoms with Gasteiger partial charge in [-0.05, 0) is 55.1 Å². The maximum atomic E-state index is 10.4. The minimum atomic E-state index is -0.331. The van der Waals surface area contributed by atoms with E-state index < -0.39 is 0 Å². The van der Waals surface area contributed by atoms with Crippen LogP contribution in [0.15, 0.2) is 30.5 Å². The average molecular weight is 508 g/mol. The number of halogens is 1. The number of aromatic nitrogens is 1. The number of aliphatic hydroxyl groups is 1. The Labute approximate surface area is 210 Å². The molecule has 1 aromatic carbocycles. The molecule has 2 aromatic rings. The topological polar surface area (TPSA) is 33.1 Å². The van der Waals surface area contributed by atoms with Gasteiger partial charge in [-0.1, -0.05) is 74.5 Å². The van der Waals surface area contributed by atoms with Gasteiger partial charge in [0.05, 0.1) is 6.10 Å². The molecule has 1 aliphatic rings. The van der Waals surface area contributed by atoms with E-state index in [0.29, 0.717) is 11.3 Å². The number of hydrogen-bond donors (Lipinski definition) is 1. The fourth-order valence-electron chi connectivity index (χ4n) is 4.58. The zero-order valence-corrected chi connectivity index (χ0v) is 21.9. The van der Waals surface area contributed by atoms with E-state index in [-0.39, 0.29) is 38.8 Å². The summed E-state index contributed by atoms with van der Waals surface area (Å²) in [7, 11) is 0. The molecule has 1 heterocycles. The monoisotopic (exact) mass is 507 g/mol. The van der Waals surface area contributed by atoms with Gasteiger partial charge in [0, 0.05) is 38.1 Å². The summed E-state index contributed by atoms with van der Waals surface area (Å²) >= 11 is 8.34. The van der Waals surface area contributed by atoms with E-state index in [2.05, 4.69) is 41.6 Å². The van der Waals surface area contributed by atoms with Crippen molar-refractivity contribution in [3.63, 3.8) is 0 Å². The zero-order valence-electron chi connectivity index (χ0n) is 17.5. The molecule has 1 radical (unpaired) electrons. The summed E-state index contributed by atoms with van der Waals surface area (Å²) in [5.74, 6) is 1.35. The minimum Gasteiger partial charge on any atom is -0.388 e. The molecule has 2 nitrogen and oxygen atoms in total. The first kappa shape index (κ1) is 25.5. The Morgan fingerprint density at radius 2 is 2.10 bits per heavy atom. The summed E-state index contributed by atoms with van der Waals surface area (Å²) in [6.07, 6.45) is 12.6. The van der Waals surface area contributed by atoms with Crippen LogP contribution < -0.4 is 0 Å². The Morgan fingerprint density at radius 1 is 1.24 bits per heavy atom. The van der Waals surface area contributed by atoms with Crippen LogP contribution in [0.5, 0.6) is 0 Å². The summed E-state index contributed by atoms with van der Waals surface area (Å²) in [5, 5.41) is 15.0. The van der Waals surface area contributed by atoms with Gasteiger partial charge < -0.3 is 21.4 Å². The molecule has 1 saturated carbocycles. The first-order valence-electron chi connectivity index (χ1n) is 10.9. The van der Waals surface area contributed by atoms with E-state index in [1.54, 1.807) is 17.5 Å². The maximum Gasteiger partial charge on any atom is 0.0790 e. The predicted molar refractivity (Wildman–Crippen MR) is 119 cm³/mol. The summed E-state index contributed by atoms with van der Waals surface area (Å²) in [6, 6.07) is 8.55. The number of nitrogens with zero attached hydrogens (tertiary/aromatic N) is 1. The van der Waals surface area contributed by atoms with E-state index in [9.17, 15) is 5.11 Å². The number of benzene rings is 1. The van der Waals surface area contributed by atoms with E-state index in [1.807, 2.05) is 0 Å². The number of unbranched alkanes of at least 4 members (excludes halogenated alkanes) is 1. The van der Waals surface area contributed by atoms with Crippen molar-refractivity contribution in [2.75, 3.05) is 0 Å². The van der Waals surface area contributed by atoms with Crippen molar-refractivity contribution in [3.05, 3.63) is 52.0 Å². The van der Waals surface area contributed by atoms with E-state index in [1.165, 1.54) is 29.8 Å². The van der Waals surface area contributed by atoms with Crippen molar-refractivity contribution in [3.8, 4) is 0 Å². The zero-order chi connectivity index (χ0) is 19.8. The Bertz CT molecular complexity index is 696. The maximum absolute atomic E-state index is 10.4. The first-order valence-corrected chi connectivity index (χ1v) is 12.1. The third-order valence-corrected chi connectivity index (χ3v) is 7.53. The molecule has 0 aliphatic heterocycles. The molecule has 1 N–H and O–H groups in total. The van der Waals surface area contributed by atoms with Crippen molar-refractivity contribution in [1.29, 1.82) is 0 Å². The molecule has 5 heteroatoms. The van der Waals surface area contributed by atoms with Crippen LogP contribution in [0.1, 0.15) is 80.5 Å². The molecule has 3 rings (SSSR count). The van der Waals surface area contributed by atoms with Crippen LogP contribution in [0, 0.1) is 17.2 Å². The summed E-state index contributed by atoms with van der Waals surface area (Å²) in [4.78, 5) is 4.35. The van der Waals surface area contributed by atoms with Crippen LogP contribution in [0.4, 0.5) is 0 Å². The van der Waals surface area contributed by atoms with Crippen LogP contribution >= 0.6 is 22.9 Å². The van der Waals surface area contributed by atoms with Crippen LogP contribution in [-0.4, -0.2) is 15.5 Å². The van der Waals surface area contributed by atoms with Crippen LogP contribution in [0.3, 0.4) is 0 Å². The molecule has 1 aliphatic carbocycles. The summed E-state index contributed by atoms with van der Waals surface area (Å²) in [5.41, 5.74) is 2.40. The Hall–Kier alpha value is 0.204. The second kappa shape index (κ2) is 13.6.